The summed E-state index contributed by atoms with van der Waals surface area (Å²) in [7, 11) is 1.62. The van der Waals surface area contributed by atoms with Crippen molar-refractivity contribution in [1.82, 2.24) is 10.2 Å². The maximum absolute atomic E-state index is 12.6. The molecule has 0 radical (unpaired) electrons. The molecule has 0 aromatic heterocycles. The molecule has 1 saturated carbocycles. The second-order valence-electron chi connectivity index (χ2n) is 9.15. The summed E-state index contributed by atoms with van der Waals surface area (Å²) >= 11 is 0. The number of anilines is 1. The maximum Gasteiger partial charge on any atom is 0.268 e. The minimum atomic E-state index is -0.878. The van der Waals surface area contributed by atoms with Gasteiger partial charge in [0.1, 0.15) is 5.75 Å². The predicted octanol–water partition coefficient (Wildman–Crippen LogP) is 1.71. The summed E-state index contributed by atoms with van der Waals surface area (Å²) in [5, 5.41) is 16.1. The van der Waals surface area contributed by atoms with E-state index in [4.69, 9.17) is 9.47 Å². The van der Waals surface area contributed by atoms with Gasteiger partial charge in [0.25, 0.3) is 11.8 Å². The van der Waals surface area contributed by atoms with E-state index in [-0.39, 0.29) is 24.5 Å². The van der Waals surface area contributed by atoms with Gasteiger partial charge < -0.3 is 25.2 Å². The van der Waals surface area contributed by atoms with Crippen LogP contribution < -0.4 is 15.4 Å². The van der Waals surface area contributed by atoms with Crippen LogP contribution >= 0.6 is 0 Å². The molecule has 0 saturated heterocycles. The van der Waals surface area contributed by atoms with Crippen molar-refractivity contribution in [2.75, 3.05) is 32.1 Å². The van der Waals surface area contributed by atoms with Crippen molar-refractivity contribution < 1.29 is 24.2 Å². The van der Waals surface area contributed by atoms with Crippen LogP contribution in [0.4, 0.5) is 5.69 Å². The molecule has 8 heteroatoms. The van der Waals surface area contributed by atoms with E-state index in [1.807, 2.05) is 6.07 Å². The number of carbonyl (C=O) groups is 2. The van der Waals surface area contributed by atoms with E-state index in [2.05, 4.69) is 33.7 Å². The molecular formula is C25H29N3O5. The van der Waals surface area contributed by atoms with Crippen molar-refractivity contribution in [3.63, 3.8) is 0 Å². The second-order valence-corrected chi connectivity index (χ2v) is 9.15. The van der Waals surface area contributed by atoms with Crippen LogP contribution in [-0.2, 0) is 22.5 Å². The van der Waals surface area contributed by atoms with E-state index in [1.165, 1.54) is 11.1 Å². The number of ether oxygens (including phenoxy) is 2. The topological polar surface area (TPSA) is 100 Å². The Bertz CT molecular complexity index is 1070. The molecule has 2 aromatic carbocycles. The summed E-state index contributed by atoms with van der Waals surface area (Å²) in [4.78, 5) is 27.4. The van der Waals surface area contributed by atoms with Gasteiger partial charge in [-0.05, 0) is 35.7 Å². The first-order valence-corrected chi connectivity index (χ1v) is 11.4. The fraction of sp³-hybridized carbons (Fsp3) is 0.440. The number of methoxy groups -OCH3 is 1. The summed E-state index contributed by atoms with van der Waals surface area (Å²) in [5.74, 6) is 0.0315. The molecule has 0 unspecified atom stereocenters. The molecule has 1 atom stereocenters. The number of β-amino-alcohol motifs (C(OH)–C–C–N with tert-alkyl or cyclic N) is 1. The number of hydrogen-bond acceptors (Lipinski definition) is 6. The number of amides is 2. The van der Waals surface area contributed by atoms with Gasteiger partial charge in [0.2, 0.25) is 0 Å². The Hall–Kier alpha value is -2.94. The quantitative estimate of drug-likeness (QED) is 0.619. The number of aliphatic hydroxyl groups is 1. The molecule has 2 aromatic rings. The summed E-state index contributed by atoms with van der Waals surface area (Å²) in [5.41, 5.74) is 2.65. The van der Waals surface area contributed by atoms with Gasteiger partial charge in [-0.15, -0.1) is 0 Å². The summed E-state index contributed by atoms with van der Waals surface area (Å²) in [6.07, 6.45) is 1.33. The van der Waals surface area contributed by atoms with Gasteiger partial charge in [-0.2, -0.15) is 0 Å². The van der Waals surface area contributed by atoms with Crippen LogP contribution in [0.15, 0.2) is 42.5 Å². The van der Waals surface area contributed by atoms with E-state index in [9.17, 15) is 14.7 Å². The molecule has 1 spiro atoms. The average molecular weight is 452 g/mol. The highest BCUT2D eigenvalue weighted by Crippen LogP contribution is 2.44. The number of hydrogen-bond donors (Lipinski definition) is 3. The van der Waals surface area contributed by atoms with Crippen LogP contribution in [0.1, 0.15) is 34.3 Å². The Morgan fingerprint density at radius 1 is 1.30 bits per heavy atom. The van der Waals surface area contributed by atoms with E-state index in [0.717, 1.165) is 19.5 Å². The van der Waals surface area contributed by atoms with Crippen molar-refractivity contribution in [3.05, 3.63) is 59.2 Å². The molecule has 2 aliphatic heterocycles. The lowest BCUT2D eigenvalue weighted by Crippen LogP contribution is -2.61. The zero-order valence-electron chi connectivity index (χ0n) is 18.7. The van der Waals surface area contributed by atoms with Crippen LogP contribution in [0.5, 0.6) is 5.75 Å². The Morgan fingerprint density at radius 2 is 2.09 bits per heavy atom. The summed E-state index contributed by atoms with van der Waals surface area (Å²) in [6.45, 7) is 2.34. The number of aliphatic hydroxyl groups excluding tert-OH is 1. The smallest absolute Gasteiger partial charge is 0.268 e. The first-order valence-electron chi connectivity index (χ1n) is 11.4. The lowest BCUT2D eigenvalue weighted by molar-refractivity contribution is -0.156. The maximum atomic E-state index is 12.6. The summed E-state index contributed by atoms with van der Waals surface area (Å²) in [6, 6.07) is 13.3. The molecule has 174 valence electrons. The van der Waals surface area contributed by atoms with Gasteiger partial charge in [0.05, 0.1) is 17.9 Å². The van der Waals surface area contributed by atoms with Crippen LogP contribution in [0.25, 0.3) is 0 Å². The Morgan fingerprint density at radius 3 is 2.88 bits per heavy atom. The third-order valence-electron chi connectivity index (χ3n) is 6.83. The number of nitrogens with one attached hydrogen (secondary N) is 2. The monoisotopic (exact) mass is 451 g/mol. The number of rotatable bonds is 6. The van der Waals surface area contributed by atoms with Gasteiger partial charge in [-0.1, -0.05) is 24.3 Å². The number of carbonyl (C=O) groups excluding carboxylic acids is 2. The van der Waals surface area contributed by atoms with Crippen LogP contribution in [0, 0.1) is 0 Å². The van der Waals surface area contributed by atoms with E-state index in [0.29, 0.717) is 36.4 Å². The molecule has 33 heavy (non-hydrogen) atoms. The van der Waals surface area contributed by atoms with Gasteiger partial charge >= 0.3 is 0 Å². The normalized spacial score (nSPS) is 24.7. The Labute approximate surface area is 192 Å². The molecule has 5 rings (SSSR count). The first-order chi connectivity index (χ1) is 16.0. The van der Waals surface area contributed by atoms with E-state index >= 15 is 0 Å². The highest BCUT2D eigenvalue weighted by atomic mass is 16.5. The Balaban J connectivity index is 1.14. The molecule has 2 amide bonds. The Kier molecular flexibility index (Phi) is 5.82. The molecule has 2 heterocycles. The lowest BCUT2D eigenvalue weighted by atomic mass is 9.75. The van der Waals surface area contributed by atoms with Gasteiger partial charge in [0, 0.05) is 51.7 Å². The highest BCUT2D eigenvalue weighted by molar-refractivity contribution is 6.03. The van der Waals surface area contributed by atoms with Crippen molar-refractivity contribution >= 4 is 17.5 Å². The summed E-state index contributed by atoms with van der Waals surface area (Å²) < 4.78 is 11.2. The van der Waals surface area contributed by atoms with E-state index < -0.39 is 11.7 Å². The van der Waals surface area contributed by atoms with Crippen molar-refractivity contribution in [1.29, 1.82) is 0 Å². The number of benzene rings is 2. The zero-order chi connectivity index (χ0) is 23.0. The minimum Gasteiger partial charge on any atom is -0.475 e. The molecule has 1 fully saturated rings. The third-order valence-corrected chi connectivity index (χ3v) is 6.83. The van der Waals surface area contributed by atoms with Gasteiger partial charge in [-0.3, -0.25) is 14.5 Å². The fourth-order valence-electron chi connectivity index (χ4n) is 4.85. The van der Waals surface area contributed by atoms with Gasteiger partial charge in [-0.25, -0.2) is 0 Å². The molecule has 3 N–H and O–H groups in total. The lowest BCUT2D eigenvalue weighted by Gasteiger charge is -2.47. The van der Waals surface area contributed by atoms with Crippen LogP contribution in [0.2, 0.25) is 0 Å². The predicted molar refractivity (Wildman–Crippen MR) is 122 cm³/mol. The SMILES string of the molecule is COC1CC2(C1)Oc1ccc(C(=O)NC[C@H](O)CN3CCc4ccccc4C3)cc1NC2=O. The minimum absolute atomic E-state index is 0.0217. The van der Waals surface area contributed by atoms with Crippen LogP contribution in [-0.4, -0.2) is 66.4 Å². The molecule has 8 nitrogen and oxygen atoms in total. The molecule has 3 aliphatic rings. The zero-order valence-corrected chi connectivity index (χ0v) is 18.7. The van der Waals surface area contributed by atoms with Crippen LogP contribution in [0.3, 0.4) is 0 Å². The largest absolute Gasteiger partial charge is 0.475 e. The number of nitrogens with zero attached hydrogens (tertiary/aromatic N) is 1. The van der Waals surface area contributed by atoms with E-state index in [1.54, 1.807) is 25.3 Å². The molecular weight excluding hydrogens is 422 g/mol. The first kappa shape index (κ1) is 21.9. The van der Waals surface area contributed by atoms with Crippen molar-refractivity contribution in [3.8, 4) is 5.75 Å². The number of fused-ring (bicyclic) bond motifs is 2. The fourth-order valence-corrected chi connectivity index (χ4v) is 4.85. The molecule has 0 bridgehead atoms. The average Bonchev–Trinajstić information content (AvgIpc) is 2.80. The standard InChI is InChI=1S/C25H29N3O5/c1-32-20-11-25(12-20)24(31)27-21-10-17(6-7-22(21)33-25)23(30)26-13-19(29)15-28-9-8-16-4-2-3-5-18(16)14-28/h2-7,10,19-20,29H,8-9,11-15H2,1H3,(H,26,30)(H,27,31)/t19-,20?,25?/m0/s1. The second kappa shape index (κ2) is 8.78. The third kappa shape index (κ3) is 4.34. The van der Waals surface area contributed by atoms with Crippen molar-refractivity contribution in [2.45, 2.75) is 43.6 Å². The van der Waals surface area contributed by atoms with Crippen molar-refractivity contribution in [2.24, 2.45) is 0 Å². The molecule has 1 aliphatic carbocycles. The van der Waals surface area contributed by atoms with Gasteiger partial charge in [0.15, 0.2) is 5.60 Å². The highest BCUT2D eigenvalue weighted by Gasteiger charge is 2.55.